The van der Waals surface area contributed by atoms with Crippen LogP contribution in [-0.4, -0.2) is 23.5 Å². The van der Waals surface area contributed by atoms with E-state index in [0.29, 0.717) is 42.2 Å². The predicted molar refractivity (Wildman–Crippen MR) is 125 cm³/mol. The average molecular weight is 492 g/mol. The quantitative estimate of drug-likeness (QED) is 0.315. The third-order valence-electron chi connectivity index (χ3n) is 4.24. The Morgan fingerprint density at radius 2 is 1.71 bits per heavy atom. The molecule has 0 saturated carbocycles. The fourth-order valence-corrected chi connectivity index (χ4v) is 4.48. The lowest BCUT2D eigenvalue weighted by atomic mass is 10.1. The number of benzene rings is 2. The predicted octanol–water partition coefficient (Wildman–Crippen LogP) is 6.72. The number of nitrogens with one attached hydrogen (secondary N) is 1. The molecule has 31 heavy (non-hydrogen) atoms. The molecule has 0 fully saturated rings. The van der Waals surface area contributed by atoms with Gasteiger partial charge in [-0.05, 0) is 42.5 Å². The number of halogens is 3. The fraction of sp³-hybridized carbons (Fsp3) is 0.0455. The molecule has 0 aliphatic carbocycles. The van der Waals surface area contributed by atoms with Crippen molar-refractivity contribution in [2.45, 2.75) is 0 Å². The maximum Gasteiger partial charge on any atom is 0.339 e. The van der Waals surface area contributed by atoms with Crippen molar-refractivity contribution >= 4 is 74.6 Å². The van der Waals surface area contributed by atoms with E-state index in [2.05, 4.69) is 10.3 Å². The van der Waals surface area contributed by atoms with Gasteiger partial charge in [0.1, 0.15) is 0 Å². The zero-order valence-corrected chi connectivity index (χ0v) is 18.8. The van der Waals surface area contributed by atoms with E-state index >= 15 is 0 Å². The minimum Gasteiger partial charge on any atom is -0.452 e. The van der Waals surface area contributed by atoms with E-state index in [1.165, 1.54) is 11.3 Å². The van der Waals surface area contributed by atoms with Crippen molar-refractivity contribution in [3.63, 3.8) is 0 Å². The maximum absolute atomic E-state index is 12.8. The molecule has 2 aromatic carbocycles. The third kappa shape index (κ3) is 5.17. The molecule has 0 saturated heterocycles. The van der Waals surface area contributed by atoms with Gasteiger partial charge in [0.05, 0.1) is 26.0 Å². The number of aromatic nitrogens is 1. The molecule has 0 atom stereocenters. The molecule has 1 amide bonds. The van der Waals surface area contributed by atoms with Gasteiger partial charge in [-0.25, -0.2) is 9.78 Å². The molecule has 0 radical (unpaired) electrons. The lowest BCUT2D eigenvalue weighted by Crippen LogP contribution is -2.21. The summed E-state index contributed by atoms with van der Waals surface area (Å²) in [5.41, 5.74) is 1.95. The van der Waals surface area contributed by atoms with Gasteiger partial charge in [-0.3, -0.25) is 4.79 Å². The third-order valence-corrected chi connectivity index (χ3v) is 5.93. The number of hydrogen-bond acceptors (Lipinski definition) is 5. The van der Waals surface area contributed by atoms with Crippen molar-refractivity contribution in [1.29, 1.82) is 0 Å². The first kappa shape index (κ1) is 21.6. The number of rotatable bonds is 5. The van der Waals surface area contributed by atoms with Crippen molar-refractivity contribution < 1.29 is 14.3 Å². The van der Waals surface area contributed by atoms with E-state index in [-0.39, 0.29) is 0 Å². The van der Waals surface area contributed by atoms with Crippen LogP contribution in [0.2, 0.25) is 14.4 Å². The minimum absolute atomic E-state index is 0.309. The monoisotopic (exact) mass is 490 g/mol. The first-order valence-corrected chi connectivity index (χ1v) is 10.9. The van der Waals surface area contributed by atoms with Gasteiger partial charge < -0.3 is 10.1 Å². The number of carbonyl (C=O) groups excluding carboxylic acids is 2. The highest BCUT2D eigenvalue weighted by atomic mass is 35.5. The second kappa shape index (κ2) is 9.24. The van der Waals surface area contributed by atoms with Gasteiger partial charge >= 0.3 is 5.97 Å². The molecule has 4 aromatic rings. The number of fused-ring (bicyclic) bond motifs is 1. The molecule has 156 valence electrons. The number of para-hydroxylation sites is 1. The topological polar surface area (TPSA) is 68.3 Å². The highest BCUT2D eigenvalue weighted by Gasteiger charge is 2.17. The summed E-state index contributed by atoms with van der Waals surface area (Å²) in [6, 6.07) is 17.1. The number of nitrogens with zero attached hydrogens (tertiary/aromatic N) is 1. The van der Waals surface area contributed by atoms with Crippen molar-refractivity contribution in [1.82, 2.24) is 4.98 Å². The number of amides is 1. The van der Waals surface area contributed by atoms with E-state index in [9.17, 15) is 9.59 Å². The molecule has 0 spiro atoms. The SMILES string of the molecule is O=C(COC(=O)c1cc(-c2ccc(Cl)s2)nc2ccccc12)Nc1cc(Cl)cc(Cl)c1. The summed E-state index contributed by atoms with van der Waals surface area (Å²) in [6.07, 6.45) is 0. The van der Waals surface area contributed by atoms with Crippen LogP contribution < -0.4 is 5.32 Å². The Bertz CT molecular complexity index is 1290. The first-order valence-electron chi connectivity index (χ1n) is 8.97. The zero-order valence-electron chi connectivity index (χ0n) is 15.7. The van der Waals surface area contributed by atoms with Crippen molar-refractivity contribution in [3.05, 3.63) is 80.6 Å². The number of pyridine rings is 1. The Hall–Kier alpha value is -2.64. The highest BCUT2D eigenvalue weighted by molar-refractivity contribution is 7.19. The van der Waals surface area contributed by atoms with Crippen LogP contribution in [-0.2, 0) is 9.53 Å². The molecule has 0 aliphatic rings. The van der Waals surface area contributed by atoms with Crippen LogP contribution in [0.3, 0.4) is 0 Å². The Kier molecular flexibility index (Phi) is 6.43. The summed E-state index contributed by atoms with van der Waals surface area (Å²) in [7, 11) is 0. The van der Waals surface area contributed by atoms with E-state index < -0.39 is 18.5 Å². The van der Waals surface area contributed by atoms with Gasteiger partial charge in [0, 0.05) is 21.1 Å². The van der Waals surface area contributed by atoms with Gasteiger partial charge in [-0.15, -0.1) is 11.3 Å². The summed E-state index contributed by atoms with van der Waals surface area (Å²) < 4.78 is 5.88. The van der Waals surface area contributed by atoms with Crippen LogP contribution in [0.4, 0.5) is 5.69 Å². The molecule has 1 N–H and O–H groups in total. The number of anilines is 1. The molecule has 5 nitrogen and oxygen atoms in total. The zero-order chi connectivity index (χ0) is 22.0. The number of thiophene rings is 1. The standard InChI is InChI=1S/C22H13Cl3N2O3S/c23-12-7-13(24)9-14(8-12)26-21(28)11-30-22(29)16-10-18(19-5-6-20(25)31-19)27-17-4-2-1-3-15(16)17/h1-10H,11H2,(H,26,28). The van der Waals surface area contributed by atoms with E-state index in [1.807, 2.05) is 12.1 Å². The Balaban J connectivity index is 1.55. The number of ether oxygens (including phenoxy) is 1. The van der Waals surface area contributed by atoms with Crippen LogP contribution >= 0.6 is 46.1 Å². The van der Waals surface area contributed by atoms with Crippen molar-refractivity contribution in [2.75, 3.05) is 11.9 Å². The molecule has 2 heterocycles. The summed E-state index contributed by atoms with van der Waals surface area (Å²) in [5.74, 6) is -1.16. The van der Waals surface area contributed by atoms with Gasteiger partial charge in [0.2, 0.25) is 0 Å². The van der Waals surface area contributed by atoms with Crippen LogP contribution in [0.5, 0.6) is 0 Å². The van der Waals surface area contributed by atoms with E-state index in [4.69, 9.17) is 39.5 Å². The molecule has 0 bridgehead atoms. The number of hydrogen-bond donors (Lipinski definition) is 1. The minimum atomic E-state index is -0.637. The van der Waals surface area contributed by atoms with Crippen LogP contribution in [0, 0.1) is 0 Å². The molecule has 9 heteroatoms. The molecule has 2 aromatic heterocycles. The Labute approximate surface area is 196 Å². The smallest absolute Gasteiger partial charge is 0.339 e. The van der Waals surface area contributed by atoms with Crippen LogP contribution in [0.1, 0.15) is 10.4 Å². The summed E-state index contributed by atoms with van der Waals surface area (Å²) >= 11 is 19.3. The van der Waals surface area contributed by atoms with Crippen LogP contribution in [0.15, 0.2) is 60.7 Å². The normalized spacial score (nSPS) is 10.8. The molecular weight excluding hydrogens is 479 g/mol. The fourth-order valence-electron chi connectivity index (χ4n) is 2.95. The van der Waals surface area contributed by atoms with E-state index in [0.717, 1.165) is 4.88 Å². The van der Waals surface area contributed by atoms with Gasteiger partial charge in [0.15, 0.2) is 6.61 Å². The Morgan fingerprint density at radius 1 is 0.968 bits per heavy atom. The summed E-state index contributed by atoms with van der Waals surface area (Å²) in [6.45, 7) is -0.472. The second-order valence-corrected chi connectivity index (χ2v) is 9.05. The van der Waals surface area contributed by atoms with Gasteiger partial charge in [-0.2, -0.15) is 0 Å². The first-order chi connectivity index (χ1) is 14.9. The lowest BCUT2D eigenvalue weighted by Gasteiger charge is -2.10. The highest BCUT2D eigenvalue weighted by Crippen LogP contribution is 2.32. The van der Waals surface area contributed by atoms with Crippen molar-refractivity contribution in [3.8, 4) is 10.6 Å². The largest absolute Gasteiger partial charge is 0.452 e. The maximum atomic E-state index is 12.8. The van der Waals surface area contributed by atoms with Gasteiger partial charge in [-0.1, -0.05) is 53.0 Å². The molecule has 0 aliphatic heterocycles. The molecule has 4 rings (SSSR count). The lowest BCUT2D eigenvalue weighted by molar-refractivity contribution is -0.119. The molecular formula is C22H13Cl3N2O3S. The number of carbonyl (C=O) groups is 2. The summed E-state index contributed by atoms with van der Waals surface area (Å²) in [4.78, 5) is 30.5. The van der Waals surface area contributed by atoms with Gasteiger partial charge in [0.25, 0.3) is 5.91 Å². The summed E-state index contributed by atoms with van der Waals surface area (Å²) in [5, 5.41) is 3.98. The second-order valence-electron chi connectivity index (χ2n) is 6.46. The Morgan fingerprint density at radius 3 is 2.42 bits per heavy atom. The number of esters is 1. The van der Waals surface area contributed by atoms with E-state index in [1.54, 1.807) is 48.5 Å². The van der Waals surface area contributed by atoms with Crippen LogP contribution in [0.25, 0.3) is 21.5 Å². The average Bonchev–Trinajstić information content (AvgIpc) is 3.17. The van der Waals surface area contributed by atoms with Crippen molar-refractivity contribution in [2.24, 2.45) is 0 Å². The molecule has 0 unspecified atom stereocenters.